The van der Waals surface area contributed by atoms with Gasteiger partial charge in [-0.05, 0) is 71.5 Å². The minimum absolute atomic E-state index is 0.0580. The van der Waals surface area contributed by atoms with Crippen LogP contribution in [0.25, 0.3) is 5.76 Å². The number of amides is 1. The lowest BCUT2D eigenvalue weighted by atomic mass is 9.91. The highest BCUT2D eigenvalue weighted by Crippen LogP contribution is 2.42. The van der Waals surface area contributed by atoms with E-state index in [1.165, 1.54) is 4.90 Å². The molecule has 1 amide bonds. The van der Waals surface area contributed by atoms with Crippen molar-refractivity contribution >= 4 is 17.4 Å². The van der Waals surface area contributed by atoms with Crippen molar-refractivity contribution in [2.24, 2.45) is 0 Å². The first-order valence-corrected chi connectivity index (χ1v) is 11.8. The van der Waals surface area contributed by atoms with E-state index in [-0.39, 0.29) is 23.8 Å². The average molecular weight is 487 g/mol. The van der Waals surface area contributed by atoms with Crippen molar-refractivity contribution < 1.29 is 24.2 Å². The third kappa shape index (κ3) is 4.56. The molecule has 1 atom stereocenters. The van der Waals surface area contributed by atoms with Gasteiger partial charge in [-0.15, -0.1) is 0 Å². The molecule has 2 aromatic carbocycles. The number of ketones is 1. The van der Waals surface area contributed by atoms with Crippen molar-refractivity contribution in [1.82, 2.24) is 9.88 Å². The van der Waals surface area contributed by atoms with Crippen LogP contribution in [0.3, 0.4) is 0 Å². The fourth-order valence-corrected chi connectivity index (χ4v) is 4.59. The van der Waals surface area contributed by atoms with Gasteiger partial charge in [-0.3, -0.25) is 14.6 Å². The number of methoxy groups -OCH3 is 2. The summed E-state index contributed by atoms with van der Waals surface area (Å²) in [4.78, 5) is 32.3. The number of carbonyl (C=O) groups is 2. The average Bonchev–Trinajstić information content (AvgIpc) is 3.13. The van der Waals surface area contributed by atoms with Crippen LogP contribution in [0.15, 0.2) is 66.5 Å². The summed E-state index contributed by atoms with van der Waals surface area (Å²) in [6.45, 7) is 6.09. The van der Waals surface area contributed by atoms with Gasteiger partial charge < -0.3 is 19.5 Å². The summed E-state index contributed by atoms with van der Waals surface area (Å²) in [5.74, 6) is -0.0456. The molecule has 4 rings (SSSR count). The van der Waals surface area contributed by atoms with E-state index < -0.39 is 17.7 Å². The van der Waals surface area contributed by atoms with E-state index in [2.05, 4.69) is 4.98 Å². The predicted molar refractivity (Wildman–Crippen MR) is 137 cm³/mol. The zero-order valence-corrected chi connectivity index (χ0v) is 21.1. The lowest BCUT2D eigenvalue weighted by molar-refractivity contribution is -0.140. The molecule has 1 aliphatic rings. The maximum atomic E-state index is 13.4. The molecule has 7 nitrogen and oxygen atoms in total. The molecule has 3 aromatic rings. The Morgan fingerprint density at radius 1 is 1.03 bits per heavy atom. The third-order valence-corrected chi connectivity index (χ3v) is 6.53. The molecule has 36 heavy (non-hydrogen) atoms. The van der Waals surface area contributed by atoms with Crippen LogP contribution >= 0.6 is 0 Å². The van der Waals surface area contributed by atoms with Crippen LogP contribution in [0.2, 0.25) is 0 Å². The van der Waals surface area contributed by atoms with Crippen LogP contribution in [0, 0.1) is 6.92 Å². The Labute approximate surface area is 211 Å². The molecular weight excluding hydrogens is 456 g/mol. The number of pyridine rings is 1. The summed E-state index contributed by atoms with van der Waals surface area (Å²) < 4.78 is 10.8. The SMILES string of the molecule is COc1ccc(CN2C(=O)C(=O)/C(=C(/O)c3cc(C(C)C)c(OC)cc3C)C2c2ccncc2)cc1. The Morgan fingerprint density at radius 2 is 1.69 bits per heavy atom. The van der Waals surface area contributed by atoms with Crippen LogP contribution < -0.4 is 9.47 Å². The van der Waals surface area contributed by atoms with Gasteiger partial charge in [0, 0.05) is 24.5 Å². The Hall–Kier alpha value is -4.13. The fourth-order valence-electron chi connectivity index (χ4n) is 4.59. The first kappa shape index (κ1) is 25.0. The topological polar surface area (TPSA) is 89.0 Å². The van der Waals surface area contributed by atoms with Gasteiger partial charge in [-0.25, -0.2) is 0 Å². The summed E-state index contributed by atoms with van der Waals surface area (Å²) in [5.41, 5.74) is 3.72. The molecule has 1 fully saturated rings. The van der Waals surface area contributed by atoms with Gasteiger partial charge in [0.05, 0.1) is 25.8 Å². The summed E-state index contributed by atoms with van der Waals surface area (Å²) >= 11 is 0. The predicted octanol–water partition coefficient (Wildman–Crippen LogP) is 5.15. The number of ether oxygens (including phenoxy) is 2. The number of aliphatic hydroxyl groups excluding tert-OH is 1. The highest BCUT2D eigenvalue weighted by atomic mass is 16.5. The molecule has 0 saturated carbocycles. The minimum atomic E-state index is -0.765. The zero-order valence-electron chi connectivity index (χ0n) is 21.1. The first-order valence-electron chi connectivity index (χ1n) is 11.8. The lowest BCUT2D eigenvalue weighted by Gasteiger charge is -2.25. The quantitative estimate of drug-likeness (QED) is 0.282. The molecule has 0 aliphatic carbocycles. The first-order chi connectivity index (χ1) is 17.3. The molecule has 1 aromatic heterocycles. The van der Waals surface area contributed by atoms with Gasteiger partial charge >= 0.3 is 0 Å². The number of carbonyl (C=O) groups excluding carboxylic acids is 2. The van der Waals surface area contributed by atoms with E-state index in [4.69, 9.17) is 9.47 Å². The number of likely N-dealkylation sites (tertiary alicyclic amines) is 1. The van der Waals surface area contributed by atoms with Crippen molar-refractivity contribution in [3.8, 4) is 11.5 Å². The summed E-state index contributed by atoms with van der Waals surface area (Å²) in [5, 5.41) is 11.5. The number of benzene rings is 2. The third-order valence-electron chi connectivity index (χ3n) is 6.53. The van der Waals surface area contributed by atoms with Crippen LogP contribution in [-0.2, 0) is 16.1 Å². The molecule has 186 valence electrons. The molecule has 0 bridgehead atoms. The smallest absolute Gasteiger partial charge is 0.295 e. The Bertz CT molecular complexity index is 1310. The molecule has 1 saturated heterocycles. The number of aryl methyl sites for hydroxylation is 1. The molecule has 0 spiro atoms. The number of nitrogens with zero attached hydrogens (tertiary/aromatic N) is 2. The highest BCUT2D eigenvalue weighted by molar-refractivity contribution is 6.46. The number of hydrogen-bond acceptors (Lipinski definition) is 6. The lowest BCUT2D eigenvalue weighted by Crippen LogP contribution is -2.29. The second kappa shape index (κ2) is 10.2. The van der Waals surface area contributed by atoms with E-state index >= 15 is 0 Å². The van der Waals surface area contributed by atoms with Crippen LogP contribution in [-0.4, -0.2) is 40.9 Å². The Morgan fingerprint density at radius 3 is 2.28 bits per heavy atom. The molecule has 1 N–H and O–H groups in total. The van der Waals surface area contributed by atoms with E-state index in [1.54, 1.807) is 38.7 Å². The summed E-state index contributed by atoms with van der Waals surface area (Å²) in [6, 6.07) is 13.8. The van der Waals surface area contributed by atoms with Gasteiger partial charge in [0.25, 0.3) is 11.7 Å². The Kier molecular flexibility index (Phi) is 7.10. The van der Waals surface area contributed by atoms with Gasteiger partial charge in [0.2, 0.25) is 0 Å². The summed E-state index contributed by atoms with van der Waals surface area (Å²) in [6.07, 6.45) is 3.22. The number of rotatable bonds is 7. The van der Waals surface area contributed by atoms with Gasteiger partial charge in [0.1, 0.15) is 17.3 Å². The van der Waals surface area contributed by atoms with Gasteiger partial charge in [0.15, 0.2) is 0 Å². The van der Waals surface area contributed by atoms with Crippen molar-refractivity contribution in [1.29, 1.82) is 0 Å². The molecule has 1 aliphatic heterocycles. The fraction of sp³-hybridized carbons (Fsp3) is 0.276. The minimum Gasteiger partial charge on any atom is -0.507 e. The van der Waals surface area contributed by atoms with Gasteiger partial charge in [-0.1, -0.05) is 26.0 Å². The maximum Gasteiger partial charge on any atom is 0.295 e. The standard InChI is InChI=1S/C29H30N2O5/c1-17(2)22-15-23(18(3)14-24(22)36-5)27(32)25-26(20-10-12-30-13-11-20)31(29(34)28(25)33)16-19-6-8-21(35-4)9-7-19/h6-15,17,26,32H,16H2,1-5H3/b27-25+. The number of aromatic nitrogens is 1. The van der Waals surface area contributed by atoms with E-state index in [9.17, 15) is 14.7 Å². The zero-order chi connectivity index (χ0) is 26.0. The number of aliphatic hydroxyl groups is 1. The summed E-state index contributed by atoms with van der Waals surface area (Å²) in [7, 11) is 3.19. The van der Waals surface area contributed by atoms with Crippen molar-refractivity contribution in [2.75, 3.05) is 14.2 Å². The van der Waals surface area contributed by atoms with Crippen LogP contribution in [0.5, 0.6) is 11.5 Å². The van der Waals surface area contributed by atoms with Crippen molar-refractivity contribution in [2.45, 2.75) is 39.3 Å². The number of Topliss-reactive ketones (excluding diaryl/α,β-unsaturated/α-hetero) is 1. The molecule has 1 unspecified atom stereocenters. The van der Waals surface area contributed by atoms with E-state index in [0.717, 1.165) is 16.7 Å². The largest absolute Gasteiger partial charge is 0.507 e. The van der Waals surface area contributed by atoms with Crippen molar-refractivity contribution in [3.63, 3.8) is 0 Å². The second-order valence-corrected chi connectivity index (χ2v) is 9.12. The molecule has 0 radical (unpaired) electrons. The maximum absolute atomic E-state index is 13.4. The van der Waals surface area contributed by atoms with Crippen LogP contribution in [0.4, 0.5) is 0 Å². The van der Waals surface area contributed by atoms with Gasteiger partial charge in [-0.2, -0.15) is 0 Å². The normalized spacial score (nSPS) is 17.1. The second-order valence-electron chi connectivity index (χ2n) is 9.12. The van der Waals surface area contributed by atoms with Crippen molar-refractivity contribution in [3.05, 3.63) is 94.3 Å². The number of hydrogen-bond donors (Lipinski definition) is 1. The van der Waals surface area contributed by atoms with Crippen LogP contribution in [0.1, 0.15) is 53.6 Å². The molecule has 7 heteroatoms. The highest BCUT2D eigenvalue weighted by Gasteiger charge is 2.46. The molecule has 2 heterocycles. The van der Waals surface area contributed by atoms with E-state index in [1.807, 2.05) is 57.2 Å². The monoisotopic (exact) mass is 486 g/mol. The molecular formula is C29H30N2O5. The van der Waals surface area contributed by atoms with E-state index in [0.29, 0.717) is 22.6 Å². The Balaban J connectivity index is 1.87.